The summed E-state index contributed by atoms with van der Waals surface area (Å²) in [6.45, 7) is -0.710. The molecule has 7 heteroatoms. The van der Waals surface area contributed by atoms with Crippen LogP contribution in [0.15, 0.2) is 47.1 Å². The van der Waals surface area contributed by atoms with Gasteiger partial charge in [-0.25, -0.2) is 0 Å². The smallest absolute Gasteiger partial charge is 0.387 e. The number of alkyl halides is 2. The van der Waals surface area contributed by atoms with Crippen LogP contribution in [0, 0.1) is 0 Å². The predicted molar refractivity (Wildman–Crippen MR) is 75.6 cm³/mol. The summed E-state index contributed by atoms with van der Waals surface area (Å²) in [5.41, 5.74) is 0.519. The van der Waals surface area contributed by atoms with Gasteiger partial charge in [0.2, 0.25) is 0 Å². The van der Waals surface area contributed by atoms with E-state index >= 15 is 0 Å². The number of ether oxygens (including phenoxy) is 1. The highest BCUT2D eigenvalue weighted by Crippen LogP contribution is 2.17. The Kier molecular flexibility index (Phi) is 5.48. The zero-order valence-corrected chi connectivity index (χ0v) is 12.0. The zero-order valence-electron chi connectivity index (χ0n) is 12.0. The van der Waals surface area contributed by atoms with Crippen molar-refractivity contribution in [2.24, 2.45) is 0 Å². The van der Waals surface area contributed by atoms with Crippen LogP contribution in [-0.4, -0.2) is 19.1 Å². The van der Waals surface area contributed by atoms with Crippen molar-refractivity contribution in [3.8, 4) is 5.75 Å². The summed E-state index contributed by atoms with van der Waals surface area (Å²) in [6, 6.07) is 9.43. The molecule has 2 aromatic rings. The maximum atomic E-state index is 12.0. The van der Waals surface area contributed by atoms with Gasteiger partial charge in [0, 0.05) is 5.69 Å². The number of nitrogens with one attached hydrogen (secondary N) is 1. The number of rotatable bonds is 7. The Hall–Kier alpha value is -2.41. The SMILES string of the molecule is C[C@H]([NH2+]CC(=O)Nc1ccc(OC(F)F)cc1)c1ccco1. The van der Waals surface area contributed by atoms with E-state index in [1.54, 1.807) is 12.3 Å². The molecule has 1 aromatic heterocycles. The van der Waals surface area contributed by atoms with E-state index in [1.165, 1.54) is 24.3 Å². The monoisotopic (exact) mass is 311 g/mol. The topological polar surface area (TPSA) is 68.1 Å². The quantitative estimate of drug-likeness (QED) is 0.823. The molecule has 5 nitrogen and oxygen atoms in total. The van der Waals surface area contributed by atoms with Crippen LogP contribution in [0.5, 0.6) is 5.75 Å². The molecule has 1 heterocycles. The van der Waals surface area contributed by atoms with Gasteiger partial charge >= 0.3 is 6.61 Å². The molecule has 0 aliphatic carbocycles. The third-order valence-electron chi connectivity index (χ3n) is 3.01. The Labute approximate surface area is 126 Å². The molecule has 22 heavy (non-hydrogen) atoms. The molecule has 1 atom stereocenters. The van der Waals surface area contributed by atoms with Crippen LogP contribution >= 0.6 is 0 Å². The third-order valence-corrected chi connectivity index (χ3v) is 3.01. The lowest BCUT2D eigenvalue weighted by molar-refractivity contribution is -0.684. The molecule has 0 bridgehead atoms. The number of amides is 1. The minimum absolute atomic E-state index is 0.0302. The summed E-state index contributed by atoms with van der Waals surface area (Å²) in [5.74, 6) is 0.647. The number of hydrogen-bond acceptors (Lipinski definition) is 3. The van der Waals surface area contributed by atoms with Crippen molar-refractivity contribution in [3.63, 3.8) is 0 Å². The van der Waals surface area contributed by atoms with Crippen LogP contribution in [0.4, 0.5) is 14.5 Å². The number of carbonyl (C=O) groups is 1. The van der Waals surface area contributed by atoms with E-state index in [2.05, 4.69) is 10.1 Å². The van der Waals surface area contributed by atoms with E-state index in [1.807, 2.05) is 18.3 Å². The first kappa shape index (κ1) is 16.0. The number of quaternary nitrogens is 1. The fraction of sp³-hybridized carbons (Fsp3) is 0.267. The predicted octanol–water partition coefficient (Wildman–Crippen LogP) is 2.14. The highest BCUT2D eigenvalue weighted by Gasteiger charge is 2.13. The fourth-order valence-corrected chi connectivity index (χ4v) is 1.88. The maximum Gasteiger partial charge on any atom is 0.387 e. The number of furan rings is 1. The van der Waals surface area contributed by atoms with Crippen LogP contribution < -0.4 is 15.4 Å². The average molecular weight is 311 g/mol. The van der Waals surface area contributed by atoms with Crippen LogP contribution in [0.25, 0.3) is 0 Å². The molecule has 3 N–H and O–H groups in total. The first-order valence-electron chi connectivity index (χ1n) is 6.76. The second kappa shape index (κ2) is 7.56. The van der Waals surface area contributed by atoms with Crippen LogP contribution in [-0.2, 0) is 4.79 Å². The molecule has 2 rings (SSSR count). The second-order valence-electron chi connectivity index (χ2n) is 4.69. The van der Waals surface area contributed by atoms with E-state index < -0.39 is 6.61 Å². The highest BCUT2D eigenvalue weighted by molar-refractivity contribution is 5.91. The first-order chi connectivity index (χ1) is 10.5. The fourth-order valence-electron chi connectivity index (χ4n) is 1.88. The van der Waals surface area contributed by atoms with E-state index in [0.717, 1.165) is 5.76 Å². The normalized spacial score (nSPS) is 12.2. The summed E-state index contributed by atoms with van der Waals surface area (Å²) in [4.78, 5) is 11.8. The summed E-state index contributed by atoms with van der Waals surface area (Å²) in [5, 5.41) is 4.52. The molecule has 118 valence electrons. The largest absolute Gasteiger partial charge is 0.463 e. The van der Waals surface area contributed by atoms with Crippen molar-refractivity contribution < 1.29 is 28.0 Å². The standard InChI is InChI=1S/C15H16F2N2O3/c1-10(13-3-2-8-21-13)18-9-14(20)19-11-4-6-12(7-5-11)22-15(16)17/h2-8,10,15,18H,9H2,1H3,(H,19,20)/p+1/t10-/m0/s1. The molecule has 0 aliphatic rings. The van der Waals surface area contributed by atoms with Crippen LogP contribution in [0.1, 0.15) is 18.7 Å². The summed E-state index contributed by atoms with van der Waals surface area (Å²) in [7, 11) is 0. The van der Waals surface area contributed by atoms with Gasteiger partial charge in [0.25, 0.3) is 5.91 Å². The lowest BCUT2D eigenvalue weighted by Gasteiger charge is -2.09. The molecule has 0 aliphatic heterocycles. The van der Waals surface area contributed by atoms with Crippen molar-refractivity contribution in [1.29, 1.82) is 0 Å². The molecule has 0 saturated carbocycles. The van der Waals surface area contributed by atoms with E-state index in [9.17, 15) is 13.6 Å². The van der Waals surface area contributed by atoms with Gasteiger partial charge in [0.1, 0.15) is 11.8 Å². The minimum Gasteiger partial charge on any atom is -0.463 e. The summed E-state index contributed by atoms with van der Waals surface area (Å²) < 4.78 is 33.5. The number of carbonyl (C=O) groups excluding carboxylic acids is 1. The van der Waals surface area contributed by atoms with Gasteiger partial charge in [-0.05, 0) is 43.3 Å². The average Bonchev–Trinajstić information content (AvgIpc) is 3.00. The van der Waals surface area contributed by atoms with Gasteiger partial charge in [-0.1, -0.05) is 0 Å². The highest BCUT2D eigenvalue weighted by atomic mass is 19.3. The van der Waals surface area contributed by atoms with Crippen molar-refractivity contribution in [3.05, 3.63) is 48.4 Å². The third kappa shape index (κ3) is 4.85. The molecule has 1 aromatic carbocycles. The van der Waals surface area contributed by atoms with Gasteiger partial charge in [-0.15, -0.1) is 0 Å². The molecule has 1 amide bonds. The van der Waals surface area contributed by atoms with Crippen LogP contribution in [0.2, 0.25) is 0 Å². The van der Waals surface area contributed by atoms with Crippen molar-refractivity contribution in [2.45, 2.75) is 19.6 Å². The lowest BCUT2D eigenvalue weighted by Crippen LogP contribution is -2.86. The molecule has 0 fully saturated rings. The van der Waals surface area contributed by atoms with E-state index in [4.69, 9.17) is 4.42 Å². The Morgan fingerprint density at radius 2 is 2.05 bits per heavy atom. The lowest BCUT2D eigenvalue weighted by atomic mass is 10.2. The molecular weight excluding hydrogens is 294 g/mol. The van der Waals surface area contributed by atoms with Gasteiger partial charge in [0.15, 0.2) is 12.3 Å². The van der Waals surface area contributed by atoms with Crippen molar-refractivity contribution in [1.82, 2.24) is 0 Å². The maximum absolute atomic E-state index is 12.0. The minimum atomic E-state index is -2.86. The van der Waals surface area contributed by atoms with Crippen LogP contribution in [0.3, 0.4) is 0 Å². The molecule has 0 spiro atoms. The van der Waals surface area contributed by atoms with E-state index in [-0.39, 0.29) is 24.2 Å². The van der Waals surface area contributed by atoms with Gasteiger partial charge in [-0.2, -0.15) is 8.78 Å². The number of benzene rings is 1. The summed E-state index contributed by atoms with van der Waals surface area (Å²) >= 11 is 0. The van der Waals surface area contributed by atoms with Gasteiger partial charge in [-0.3, -0.25) is 4.79 Å². The van der Waals surface area contributed by atoms with Gasteiger partial charge in [0.05, 0.1) is 6.26 Å². The Morgan fingerprint density at radius 3 is 2.64 bits per heavy atom. The van der Waals surface area contributed by atoms with Gasteiger partial charge < -0.3 is 19.8 Å². The Balaban J connectivity index is 1.79. The molecule has 0 radical (unpaired) electrons. The molecule has 0 saturated heterocycles. The van der Waals surface area contributed by atoms with Crippen molar-refractivity contribution in [2.75, 3.05) is 11.9 Å². The number of hydrogen-bond donors (Lipinski definition) is 2. The number of nitrogens with two attached hydrogens (primary N) is 1. The molecule has 0 unspecified atom stereocenters. The Morgan fingerprint density at radius 1 is 1.32 bits per heavy atom. The zero-order chi connectivity index (χ0) is 15.9. The number of halogens is 2. The van der Waals surface area contributed by atoms with Crippen molar-refractivity contribution >= 4 is 11.6 Å². The first-order valence-corrected chi connectivity index (χ1v) is 6.76. The molecular formula is C15H17F2N2O3+. The summed E-state index contributed by atoms with van der Waals surface area (Å²) in [6.07, 6.45) is 1.59. The number of anilines is 1. The second-order valence-corrected chi connectivity index (χ2v) is 4.69. The van der Waals surface area contributed by atoms with E-state index in [0.29, 0.717) is 5.69 Å². The Bertz CT molecular complexity index is 585.